The lowest BCUT2D eigenvalue weighted by molar-refractivity contribution is 0.102. The molecule has 1 heterocycles. The maximum atomic E-state index is 12.3. The standard InChI is InChI=1S/C20H20N4O/c1-14-8-6-7-11-17(14)20(25)22-19-13-12-18(23-24-19)21-15(2)16-9-4-3-5-10-16/h3-13,15H,1-2H3,(H,21,23)(H,22,24,25). The molecule has 0 aliphatic carbocycles. The van der Waals surface area contributed by atoms with E-state index >= 15 is 0 Å². The average Bonchev–Trinajstić information content (AvgIpc) is 2.64. The molecule has 2 aromatic carbocycles. The van der Waals surface area contributed by atoms with Crippen molar-refractivity contribution in [1.82, 2.24) is 10.2 Å². The van der Waals surface area contributed by atoms with E-state index in [0.29, 0.717) is 17.2 Å². The van der Waals surface area contributed by atoms with Gasteiger partial charge in [-0.15, -0.1) is 10.2 Å². The van der Waals surface area contributed by atoms with Crippen LogP contribution in [-0.2, 0) is 0 Å². The van der Waals surface area contributed by atoms with E-state index in [2.05, 4.69) is 39.9 Å². The fourth-order valence-electron chi connectivity index (χ4n) is 2.53. The Hall–Kier alpha value is -3.21. The van der Waals surface area contributed by atoms with Gasteiger partial charge in [0, 0.05) is 11.6 Å². The van der Waals surface area contributed by atoms with E-state index in [9.17, 15) is 4.79 Å². The van der Waals surface area contributed by atoms with Crippen LogP contribution in [0.25, 0.3) is 0 Å². The van der Waals surface area contributed by atoms with Gasteiger partial charge >= 0.3 is 0 Å². The number of anilines is 2. The molecule has 1 amide bonds. The normalized spacial score (nSPS) is 11.6. The number of amides is 1. The molecule has 0 aliphatic rings. The monoisotopic (exact) mass is 332 g/mol. The molecule has 5 nitrogen and oxygen atoms in total. The Labute approximate surface area is 147 Å². The van der Waals surface area contributed by atoms with Gasteiger partial charge in [0.1, 0.15) is 5.82 Å². The Morgan fingerprint density at radius 3 is 2.20 bits per heavy atom. The van der Waals surface area contributed by atoms with E-state index in [1.165, 1.54) is 5.56 Å². The number of aromatic nitrogens is 2. The van der Waals surface area contributed by atoms with E-state index in [1.807, 2.05) is 43.3 Å². The third-order valence-corrected chi connectivity index (χ3v) is 3.96. The van der Waals surface area contributed by atoms with Gasteiger partial charge in [-0.2, -0.15) is 0 Å². The van der Waals surface area contributed by atoms with E-state index < -0.39 is 0 Å². The molecule has 0 spiro atoms. The first-order valence-electron chi connectivity index (χ1n) is 8.15. The van der Waals surface area contributed by atoms with Crippen LogP contribution in [0.5, 0.6) is 0 Å². The molecule has 1 unspecified atom stereocenters. The highest BCUT2D eigenvalue weighted by Gasteiger charge is 2.10. The predicted molar refractivity (Wildman–Crippen MR) is 99.6 cm³/mol. The molecular formula is C20H20N4O. The third-order valence-electron chi connectivity index (χ3n) is 3.96. The van der Waals surface area contributed by atoms with Crippen molar-refractivity contribution in [2.75, 3.05) is 10.6 Å². The summed E-state index contributed by atoms with van der Waals surface area (Å²) in [5, 5.41) is 14.3. The van der Waals surface area contributed by atoms with Crippen molar-refractivity contribution in [3.05, 3.63) is 83.4 Å². The van der Waals surface area contributed by atoms with Crippen molar-refractivity contribution in [2.45, 2.75) is 19.9 Å². The lowest BCUT2D eigenvalue weighted by Crippen LogP contribution is -2.15. The number of carbonyl (C=O) groups is 1. The largest absolute Gasteiger partial charge is 0.362 e. The molecule has 0 bridgehead atoms. The van der Waals surface area contributed by atoms with E-state index in [-0.39, 0.29) is 11.9 Å². The van der Waals surface area contributed by atoms with Crippen molar-refractivity contribution in [3.63, 3.8) is 0 Å². The minimum Gasteiger partial charge on any atom is -0.362 e. The first-order valence-corrected chi connectivity index (χ1v) is 8.15. The molecule has 0 radical (unpaired) electrons. The zero-order chi connectivity index (χ0) is 17.6. The lowest BCUT2D eigenvalue weighted by Gasteiger charge is -2.14. The Bertz CT molecular complexity index is 847. The van der Waals surface area contributed by atoms with Crippen LogP contribution in [-0.4, -0.2) is 16.1 Å². The maximum Gasteiger partial charge on any atom is 0.257 e. The number of carbonyl (C=O) groups excluding carboxylic acids is 1. The number of aryl methyl sites for hydroxylation is 1. The van der Waals surface area contributed by atoms with Crippen LogP contribution in [0.15, 0.2) is 66.7 Å². The summed E-state index contributed by atoms with van der Waals surface area (Å²) in [6.07, 6.45) is 0. The van der Waals surface area contributed by atoms with Crippen molar-refractivity contribution < 1.29 is 4.79 Å². The van der Waals surface area contributed by atoms with Gasteiger partial charge in [-0.1, -0.05) is 48.5 Å². The summed E-state index contributed by atoms with van der Waals surface area (Å²) in [6, 6.07) is 21.2. The van der Waals surface area contributed by atoms with Gasteiger partial charge in [0.05, 0.1) is 0 Å². The Kier molecular flexibility index (Phi) is 5.04. The molecule has 0 saturated carbocycles. The van der Waals surface area contributed by atoms with Crippen LogP contribution in [0.1, 0.15) is 34.5 Å². The first-order chi connectivity index (χ1) is 12.1. The summed E-state index contributed by atoms with van der Waals surface area (Å²) in [4.78, 5) is 12.3. The molecule has 1 atom stereocenters. The second-order valence-electron chi connectivity index (χ2n) is 5.85. The Morgan fingerprint density at radius 1 is 0.880 bits per heavy atom. The molecule has 126 valence electrons. The summed E-state index contributed by atoms with van der Waals surface area (Å²) in [5.74, 6) is 0.891. The zero-order valence-corrected chi connectivity index (χ0v) is 14.2. The molecule has 3 aromatic rings. The van der Waals surface area contributed by atoms with Gasteiger partial charge in [-0.05, 0) is 43.2 Å². The fraction of sp³-hybridized carbons (Fsp3) is 0.150. The van der Waals surface area contributed by atoms with Crippen LogP contribution in [0.3, 0.4) is 0 Å². The number of benzene rings is 2. The number of nitrogens with zero attached hydrogens (tertiary/aromatic N) is 2. The van der Waals surface area contributed by atoms with Crippen LogP contribution < -0.4 is 10.6 Å². The van der Waals surface area contributed by atoms with Crippen LogP contribution in [0.4, 0.5) is 11.6 Å². The summed E-state index contributed by atoms with van der Waals surface area (Å²) >= 11 is 0. The summed E-state index contributed by atoms with van der Waals surface area (Å²) in [5.41, 5.74) is 2.72. The molecule has 25 heavy (non-hydrogen) atoms. The summed E-state index contributed by atoms with van der Waals surface area (Å²) in [7, 11) is 0. The van der Waals surface area contributed by atoms with Crippen LogP contribution in [0.2, 0.25) is 0 Å². The second-order valence-corrected chi connectivity index (χ2v) is 5.85. The highest BCUT2D eigenvalue weighted by atomic mass is 16.1. The number of nitrogens with one attached hydrogen (secondary N) is 2. The van der Waals surface area contributed by atoms with Crippen LogP contribution in [0, 0.1) is 6.92 Å². The molecule has 0 fully saturated rings. The smallest absolute Gasteiger partial charge is 0.257 e. The van der Waals surface area contributed by atoms with Crippen molar-refractivity contribution in [1.29, 1.82) is 0 Å². The van der Waals surface area contributed by atoms with Crippen molar-refractivity contribution in [3.8, 4) is 0 Å². The lowest BCUT2D eigenvalue weighted by atomic mass is 10.1. The molecule has 0 aliphatic heterocycles. The van der Waals surface area contributed by atoms with Crippen molar-refractivity contribution in [2.24, 2.45) is 0 Å². The SMILES string of the molecule is Cc1ccccc1C(=O)Nc1ccc(NC(C)c2ccccc2)nn1. The maximum absolute atomic E-state index is 12.3. The Balaban J connectivity index is 1.64. The van der Waals surface area contributed by atoms with Crippen LogP contribution >= 0.6 is 0 Å². The van der Waals surface area contributed by atoms with Gasteiger partial charge in [-0.3, -0.25) is 4.79 Å². The minimum atomic E-state index is -0.189. The highest BCUT2D eigenvalue weighted by molar-refractivity contribution is 6.04. The zero-order valence-electron chi connectivity index (χ0n) is 14.2. The number of hydrogen-bond acceptors (Lipinski definition) is 4. The molecule has 3 rings (SSSR count). The quantitative estimate of drug-likeness (QED) is 0.734. The third kappa shape index (κ3) is 4.20. The Morgan fingerprint density at radius 2 is 1.52 bits per heavy atom. The summed E-state index contributed by atoms with van der Waals surface area (Å²) in [6.45, 7) is 3.96. The van der Waals surface area contributed by atoms with Gasteiger partial charge < -0.3 is 10.6 Å². The fourth-order valence-corrected chi connectivity index (χ4v) is 2.53. The van der Waals surface area contributed by atoms with Crippen molar-refractivity contribution >= 4 is 17.5 Å². The summed E-state index contributed by atoms with van der Waals surface area (Å²) < 4.78 is 0. The van der Waals surface area contributed by atoms with Gasteiger partial charge in [0.15, 0.2) is 5.82 Å². The van der Waals surface area contributed by atoms with Gasteiger partial charge in [0.25, 0.3) is 5.91 Å². The van der Waals surface area contributed by atoms with Gasteiger partial charge in [0.2, 0.25) is 0 Å². The topological polar surface area (TPSA) is 66.9 Å². The van der Waals surface area contributed by atoms with Gasteiger partial charge in [-0.25, -0.2) is 0 Å². The van der Waals surface area contributed by atoms with E-state index in [1.54, 1.807) is 18.2 Å². The van der Waals surface area contributed by atoms with E-state index in [0.717, 1.165) is 5.56 Å². The molecule has 1 aromatic heterocycles. The van der Waals surface area contributed by atoms with E-state index in [4.69, 9.17) is 0 Å². The predicted octanol–water partition coefficient (Wildman–Crippen LogP) is 4.21. The highest BCUT2D eigenvalue weighted by Crippen LogP contribution is 2.18. The minimum absolute atomic E-state index is 0.114. The molecule has 0 saturated heterocycles. The molecule has 5 heteroatoms. The molecular weight excluding hydrogens is 312 g/mol. The number of hydrogen-bond donors (Lipinski definition) is 2. The number of rotatable bonds is 5. The first kappa shape index (κ1) is 16.6. The average molecular weight is 332 g/mol. The second kappa shape index (κ2) is 7.57. The molecule has 2 N–H and O–H groups in total.